The van der Waals surface area contributed by atoms with E-state index in [9.17, 15) is 13.2 Å². The lowest BCUT2D eigenvalue weighted by Gasteiger charge is -2.11. The predicted octanol–water partition coefficient (Wildman–Crippen LogP) is 4.29. The Kier molecular flexibility index (Phi) is 4.56. The number of benzene rings is 1. The van der Waals surface area contributed by atoms with Crippen molar-refractivity contribution in [1.29, 1.82) is 0 Å². The minimum Gasteiger partial charge on any atom is -0.379 e. The Morgan fingerprint density at radius 1 is 0.964 bits per heavy atom. The Morgan fingerprint density at radius 2 is 1.79 bits per heavy atom. The lowest BCUT2D eigenvalue weighted by Crippen LogP contribution is -2.13. The monoisotopic (exact) mass is 384 g/mol. The summed E-state index contributed by atoms with van der Waals surface area (Å²) in [6, 6.07) is 15.0. The van der Waals surface area contributed by atoms with Gasteiger partial charge < -0.3 is 5.32 Å². The van der Waals surface area contributed by atoms with Gasteiger partial charge in [-0.3, -0.25) is 10.1 Å². The number of H-pyrrole nitrogens is 1. The summed E-state index contributed by atoms with van der Waals surface area (Å²) in [5.41, 5.74) is 2.66. The summed E-state index contributed by atoms with van der Waals surface area (Å²) in [6.07, 6.45) is -1.63. The van der Waals surface area contributed by atoms with Gasteiger partial charge in [-0.25, -0.2) is 4.68 Å². The highest BCUT2D eigenvalue weighted by atomic mass is 19.4. The van der Waals surface area contributed by atoms with E-state index in [4.69, 9.17) is 0 Å². The fraction of sp³-hybridized carbons (Fsp3) is 0.105. The summed E-state index contributed by atoms with van der Waals surface area (Å²) in [6.45, 7) is 0.481. The molecule has 9 heteroatoms. The normalized spacial score (nSPS) is 11.5. The van der Waals surface area contributed by atoms with Gasteiger partial charge in [0.15, 0.2) is 0 Å². The molecule has 0 aliphatic rings. The molecule has 1 aromatic carbocycles. The van der Waals surface area contributed by atoms with Gasteiger partial charge in [0, 0.05) is 11.9 Å². The standard InChI is InChI=1S/C19H15F3N6/c20-19(21,22)18-8-10-25-28(18)15-6-4-13(5-7-15)24-12-14-11-17(27-26-14)16-3-1-2-9-23-16/h1-11,24H,12H2,(H,26,27). The minimum atomic E-state index is -4.46. The van der Waals surface area contributed by atoms with E-state index in [2.05, 4.69) is 25.6 Å². The molecule has 4 rings (SSSR count). The van der Waals surface area contributed by atoms with Crippen molar-refractivity contribution in [2.75, 3.05) is 5.32 Å². The van der Waals surface area contributed by atoms with Crippen molar-refractivity contribution in [3.8, 4) is 17.1 Å². The van der Waals surface area contributed by atoms with Gasteiger partial charge in [-0.15, -0.1) is 0 Å². The van der Waals surface area contributed by atoms with Gasteiger partial charge in [-0.05, 0) is 48.5 Å². The van der Waals surface area contributed by atoms with Crippen molar-refractivity contribution >= 4 is 5.69 Å². The molecule has 2 N–H and O–H groups in total. The third kappa shape index (κ3) is 3.73. The van der Waals surface area contributed by atoms with E-state index in [0.717, 1.165) is 39.7 Å². The quantitative estimate of drug-likeness (QED) is 0.539. The highest BCUT2D eigenvalue weighted by Gasteiger charge is 2.35. The number of hydrogen-bond donors (Lipinski definition) is 2. The van der Waals surface area contributed by atoms with E-state index in [1.54, 1.807) is 30.5 Å². The van der Waals surface area contributed by atoms with Crippen LogP contribution in [-0.4, -0.2) is 25.0 Å². The van der Waals surface area contributed by atoms with Gasteiger partial charge >= 0.3 is 6.18 Å². The number of aromatic amines is 1. The summed E-state index contributed by atoms with van der Waals surface area (Å²) in [4.78, 5) is 4.25. The van der Waals surface area contributed by atoms with Crippen LogP contribution in [0.25, 0.3) is 17.1 Å². The summed E-state index contributed by atoms with van der Waals surface area (Å²) in [5, 5.41) is 14.1. The van der Waals surface area contributed by atoms with E-state index in [1.807, 2.05) is 24.3 Å². The molecule has 142 valence electrons. The van der Waals surface area contributed by atoms with Crippen molar-refractivity contribution in [3.05, 3.63) is 78.4 Å². The Balaban J connectivity index is 1.43. The molecule has 28 heavy (non-hydrogen) atoms. The number of hydrogen-bond acceptors (Lipinski definition) is 4. The maximum absolute atomic E-state index is 13.0. The second kappa shape index (κ2) is 7.18. The van der Waals surface area contributed by atoms with Gasteiger partial charge in [-0.2, -0.15) is 23.4 Å². The second-order valence-corrected chi connectivity index (χ2v) is 6.02. The first-order valence-electron chi connectivity index (χ1n) is 8.42. The largest absolute Gasteiger partial charge is 0.433 e. The van der Waals surface area contributed by atoms with Crippen LogP contribution in [0.3, 0.4) is 0 Å². The average molecular weight is 384 g/mol. The van der Waals surface area contributed by atoms with Crippen LogP contribution in [0.15, 0.2) is 67.0 Å². The molecule has 0 radical (unpaired) electrons. The van der Waals surface area contributed by atoms with Crippen molar-refractivity contribution < 1.29 is 13.2 Å². The minimum absolute atomic E-state index is 0.335. The Hall–Kier alpha value is -3.62. The first-order valence-corrected chi connectivity index (χ1v) is 8.42. The molecule has 3 aromatic heterocycles. The Bertz CT molecular complexity index is 1050. The molecule has 4 aromatic rings. The van der Waals surface area contributed by atoms with Crippen LogP contribution >= 0.6 is 0 Å². The molecule has 0 atom stereocenters. The van der Waals surface area contributed by atoms with Crippen LogP contribution in [0.2, 0.25) is 0 Å². The fourth-order valence-corrected chi connectivity index (χ4v) is 2.74. The molecule has 0 fully saturated rings. The fourth-order valence-electron chi connectivity index (χ4n) is 2.74. The maximum atomic E-state index is 13.0. The molecule has 0 bridgehead atoms. The first-order chi connectivity index (χ1) is 13.5. The van der Waals surface area contributed by atoms with Crippen molar-refractivity contribution in [2.45, 2.75) is 12.7 Å². The van der Waals surface area contributed by atoms with Crippen molar-refractivity contribution in [1.82, 2.24) is 25.0 Å². The molecule has 0 aliphatic heterocycles. The third-order valence-corrected chi connectivity index (χ3v) is 4.09. The number of pyridine rings is 1. The Labute approximate surface area is 158 Å². The zero-order chi connectivity index (χ0) is 19.6. The molecule has 6 nitrogen and oxygen atoms in total. The number of aromatic nitrogens is 5. The van der Waals surface area contributed by atoms with Crippen LogP contribution in [0.4, 0.5) is 18.9 Å². The zero-order valence-electron chi connectivity index (χ0n) is 14.5. The smallest absolute Gasteiger partial charge is 0.379 e. The van der Waals surface area contributed by atoms with Crippen LogP contribution in [0.1, 0.15) is 11.4 Å². The molecule has 0 saturated carbocycles. The first kappa shape index (κ1) is 17.8. The predicted molar refractivity (Wildman–Crippen MR) is 97.7 cm³/mol. The molecule has 3 heterocycles. The van der Waals surface area contributed by atoms with Crippen LogP contribution in [-0.2, 0) is 12.7 Å². The number of halogens is 3. The summed E-state index contributed by atoms with van der Waals surface area (Å²) in [7, 11) is 0. The van der Waals surface area contributed by atoms with Crippen molar-refractivity contribution in [2.24, 2.45) is 0 Å². The van der Waals surface area contributed by atoms with E-state index < -0.39 is 11.9 Å². The lowest BCUT2D eigenvalue weighted by atomic mass is 10.2. The average Bonchev–Trinajstić information content (AvgIpc) is 3.37. The molecule has 0 unspecified atom stereocenters. The summed E-state index contributed by atoms with van der Waals surface area (Å²) in [5.74, 6) is 0. The second-order valence-electron chi connectivity index (χ2n) is 6.02. The molecular formula is C19H15F3N6. The van der Waals surface area contributed by atoms with E-state index in [1.165, 1.54) is 0 Å². The molecule has 0 aliphatic carbocycles. The van der Waals surface area contributed by atoms with Crippen LogP contribution in [0, 0.1) is 0 Å². The highest BCUT2D eigenvalue weighted by molar-refractivity contribution is 5.54. The lowest BCUT2D eigenvalue weighted by molar-refractivity contribution is -0.142. The summed E-state index contributed by atoms with van der Waals surface area (Å²) < 4.78 is 39.9. The topological polar surface area (TPSA) is 71.4 Å². The number of nitrogens with zero attached hydrogens (tertiary/aromatic N) is 4. The molecular weight excluding hydrogens is 369 g/mol. The summed E-state index contributed by atoms with van der Waals surface area (Å²) >= 11 is 0. The maximum Gasteiger partial charge on any atom is 0.433 e. The molecule has 0 amide bonds. The van der Waals surface area contributed by atoms with E-state index in [0.29, 0.717) is 12.2 Å². The van der Waals surface area contributed by atoms with Crippen molar-refractivity contribution in [3.63, 3.8) is 0 Å². The van der Waals surface area contributed by atoms with Crippen LogP contribution in [0.5, 0.6) is 0 Å². The Morgan fingerprint density at radius 3 is 2.50 bits per heavy atom. The highest BCUT2D eigenvalue weighted by Crippen LogP contribution is 2.30. The molecule has 0 saturated heterocycles. The number of alkyl halides is 3. The van der Waals surface area contributed by atoms with E-state index in [-0.39, 0.29) is 0 Å². The number of nitrogens with one attached hydrogen (secondary N) is 2. The number of anilines is 1. The van der Waals surface area contributed by atoms with Gasteiger partial charge in [0.05, 0.1) is 29.8 Å². The van der Waals surface area contributed by atoms with E-state index >= 15 is 0 Å². The van der Waals surface area contributed by atoms with Crippen LogP contribution < -0.4 is 5.32 Å². The SMILES string of the molecule is FC(F)(F)c1ccnn1-c1ccc(NCc2cc(-c3ccccn3)n[nH]2)cc1. The van der Waals surface area contributed by atoms with Gasteiger partial charge in [-0.1, -0.05) is 6.07 Å². The molecule has 0 spiro atoms. The van der Waals surface area contributed by atoms with Gasteiger partial charge in [0.1, 0.15) is 11.4 Å². The zero-order valence-corrected chi connectivity index (χ0v) is 14.5. The number of rotatable bonds is 5. The van der Waals surface area contributed by atoms with Gasteiger partial charge in [0.2, 0.25) is 0 Å². The third-order valence-electron chi connectivity index (χ3n) is 4.09. The van der Waals surface area contributed by atoms with Gasteiger partial charge in [0.25, 0.3) is 0 Å².